The summed E-state index contributed by atoms with van der Waals surface area (Å²) in [6.45, 7) is 7.24. The molecule has 0 heterocycles. The number of hydrogen-bond donors (Lipinski definition) is 3. The van der Waals surface area contributed by atoms with Crippen LogP contribution in [0.1, 0.15) is 27.2 Å². The maximum atomic E-state index is 10.7. The van der Waals surface area contributed by atoms with Crippen molar-refractivity contribution in [2.45, 2.75) is 33.2 Å². The van der Waals surface area contributed by atoms with Crippen LogP contribution >= 0.6 is 0 Å². The Hall–Kier alpha value is -1.10. The molecular weight excluding hydrogens is 194 g/mol. The maximum Gasteiger partial charge on any atom is 0.217 e. The van der Waals surface area contributed by atoms with E-state index in [0.717, 1.165) is 19.5 Å². The number of rotatable bonds is 7. The summed E-state index contributed by atoms with van der Waals surface area (Å²) < 4.78 is 0. The van der Waals surface area contributed by atoms with Gasteiger partial charge < -0.3 is 16.0 Å². The van der Waals surface area contributed by atoms with Gasteiger partial charge in [-0.05, 0) is 19.9 Å². The summed E-state index contributed by atoms with van der Waals surface area (Å²) in [6.07, 6.45) is 0.895. The quantitative estimate of drug-likeness (QED) is 0.507. The van der Waals surface area contributed by atoms with Gasteiger partial charge in [-0.15, -0.1) is 0 Å². The number of carbonyl (C=O) groups excluding carboxylic acids is 2. The molecule has 0 aromatic rings. The van der Waals surface area contributed by atoms with Gasteiger partial charge in [0.05, 0.1) is 0 Å². The molecule has 0 saturated carbocycles. The molecule has 0 fully saturated rings. The third-order valence-electron chi connectivity index (χ3n) is 1.80. The first-order chi connectivity index (χ1) is 7.02. The van der Waals surface area contributed by atoms with Crippen LogP contribution in [0.15, 0.2) is 0 Å². The van der Waals surface area contributed by atoms with Gasteiger partial charge in [0.1, 0.15) is 0 Å². The Labute approximate surface area is 91.0 Å². The van der Waals surface area contributed by atoms with E-state index < -0.39 is 0 Å². The fraction of sp³-hybridized carbons (Fsp3) is 0.800. The molecular formula is C10H21N3O2. The van der Waals surface area contributed by atoms with E-state index in [2.05, 4.69) is 16.0 Å². The molecule has 0 aliphatic rings. The topological polar surface area (TPSA) is 70.2 Å². The molecule has 1 atom stereocenters. The van der Waals surface area contributed by atoms with Gasteiger partial charge in [-0.1, -0.05) is 0 Å². The monoisotopic (exact) mass is 215 g/mol. The molecule has 5 nitrogen and oxygen atoms in total. The highest BCUT2D eigenvalue weighted by Gasteiger charge is 2.01. The first-order valence-corrected chi connectivity index (χ1v) is 5.24. The fourth-order valence-corrected chi connectivity index (χ4v) is 1.19. The molecule has 0 aromatic heterocycles. The second kappa shape index (κ2) is 8.23. The van der Waals surface area contributed by atoms with Gasteiger partial charge in [-0.3, -0.25) is 9.59 Å². The van der Waals surface area contributed by atoms with Gasteiger partial charge in [-0.25, -0.2) is 0 Å². The van der Waals surface area contributed by atoms with Crippen LogP contribution in [-0.2, 0) is 9.59 Å². The molecule has 0 radical (unpaired) electrons. The van der Waals surface area contributed by atoms with Crippen molar-refractivity contribution in [3.63, 3.8) is 0 Å². The van der Waals surface area contributed by atoms with Gasteiger partial charge in [0.25, 0.3) is 0 Å². The second-order valence-corrected chi connectivity index (χ2v) is 3.64. The average molecular weight is 215 g/mol. The van der Waals surface area contributed by atoms with E-state index in [1.807, 2.05) is 6.92 Å². The van der Waals surface area contributed by atoms with Gasteiger partial charge in [-0.2, -0.15) is 0 Å². The minimum Gasteiger partial charge on any atom is -0.356 e. The summed E-state index contributed by atoms with van der Waals surface area (Å²) >= 11 is 0. The van der Waals surface area contributed by atoms with Crippen LogP contribution in [0.25, 0.3) is 0 Å². The molecule has 5 heteroatoms. The molecule has 1 unspecified atom stereocenters. The summed E-state index contributed by atoms with van der Waals surface area (Å²) in [6, 6.07) is 0.142. The van der Waals surface area contributed by atoms with Gasteiger partial charge >= 0.3 is 0 Å². The van der Waals surface area contributed by atoms with E-state index in [9.17, 15) is 9.59 Å². The zero-order chi connectivity index (χ0) is 11.7. The second-order valence-electron chi connectivity index (χ2n) is 3.64. The first-order valence-electron chi connectivity index (χ1n) is 5.24. The summed E-state index contributed by atoms with van der Waals surface area (Å²) in [5.74, 6) is -0.0100. The van der Waals surface area contributed by atoms with E-state index in [1.165, 1.54) is 13.8 Å². The highest BCUT2D eigenvalue weighted by atomic mass is 16.2. The number of hydrogen-bond acceptors (Lipinski definition) is 3. The smallest absolute Gasteiger partial charge is 0.217 e. The lowest BCUT2D eigenvalue weighted by Gasteiger charge is -2.13. The van der Waals surface area contributed by atoms with Gasteiger partial charge in [0.2, 0.25) is 11.8 Å². The molecule has 0 aliphatic carbocycles. The lowest BCUT2D eigenvalue weighted by atomic mass is 10.3. The normalized spacial score (nSPS) is 11.9. The number of carbonyl (C=O) groups is 2. The zero-order valence-corrected chi connectivity index (χ0v) is 9.72. The van der Waals surface area contributed by atoms with Gasteiger partial charge in [0, 0.05) is 33.0 Å². The maximum absolute atomic E-state index is 10.7. The largest absolute Gasteiger partial charge is 0.356 e. The zero-order valence-electron chi connectivity index (χ0n) is 9.72. The van der Waals surface area contributed by atoms with Gasteiger partial charge in [0.15, 0.2) is 0 Å². The van der Waals surface area contributed by atoms with E-state index >= 15 is 0 Å². The Morgan fingerprint density at radius 3 is 2.33 bits per heavy atom. The summed E-state index contributed by atoms with van der Waals surface area (Å²) in [4.78, 5) is 21.2. The Morgan fingerprint density at radius 2 is 1.80 bits per heavy atom. The van der Waals surface area contributed by atoms with Crippen LogP contribution in [0.2, 0.25) is 0 Å². The average Bonchev–Trinajstić information content (AvgIpc) is 2.09. The van der Waals surface area contributed by atoms with Crippen LogP contribution in [0.5, 0.6) is 0 Å². The molecule has 0 aliphatic heterocycles. The third kappa shape index (κ3) is 10.8. The lowest BCUT2D eigenvalue weighted by molar-refractivity contribution is -0.120. The SMILES string of the molecule is CC(=O)NCCCNCC(C)NC(C)=O. The first kappa shape index (κ1) is 13.9. The molecule has 3 N–H and O–H groups in total. The van der Waals surface area contributed by atoms with Crippen molar-refractivity contribution in [3.8, 4) is 0 Å². The van der Waals surface area contributed by atoms with Crippen molar-refractivity contribution in [2.24, 2.45) is 0 Å². The Bertz CT molecular complexity index is 207. The van der Waals surface area contributed by atoms with E-state index in [4.69, 9.17) is 0 Å². The van der Waals surface area contributed by atoms with Crippen LogP contribution in [-0.4, -0.2) is 37.5 Å². The minimum absolute atomic E-state index is 0.00149. The predicted octanol–water partition coefficient (Wildman–Crippen LogP) is -0.373. The van der Waals surface area contributed by atoms with Crippen molar-refractivity contribution in [3.05, 3.63) is 0 Å². The fourth-order valence-electron chi connectivity index (χ4n) is 1.19. The molecule has 0 spiro atoms. The molecule has 88 valence electrons. The number of amides is 2. The highest BCUT2D eigenvalue weighted by molar-refractivity contribution is 5.73. The van der Waals surface area contributed by atoms with Crippen molar-refractivity contribution < 1.29 is 9.59 Å². The summed E-state index contributed by atoms with van der Waals surface area (Å²) in [5.41, 5.74) is 0. The Morgan fingerprint density at radius 1 is 1.13 bits per heavy atom. The van der Waals surface area contributed by atoms with Crippen LogP contribution in [0.4, 0.5) is 0 Å². The standard InChI is InChI=1S/C10H21N3O2/c1-8(13-10(3)15)7-11-5-4-6-12-9(2)14/h8,11H,4-7H2,1-3H3,(H,12,14)(H,13,15). The summed E-state index contributed by atoms with van der Waals surface area (Å²) in [5, 5.41) is 8.70. The van der Waals surface area contributed by atoms with Crippen molar-refractivity contribution in [1.82, 2.24) is 16.0 Å². The van der Waals surface area contributed by atoms with Crippen molar-refractivity contribution in [1.29, 1.82) is 0 Å². The lowest BCUT2D eigenvalue weighted by Crippen LogP contribution is -2.39. The third-order valence-corrected chi connectivity index (χ3v) is 1.80. The molecule has 0 aromatic carbocycles. The van der Waals surface area contributed by atoms with E-state index in [0.29, 0.717) is 6.54 Å². The molecule has 0 rings (SSSR count). The summed E-state index contributed by atoms with van der Waals surface area (Å²) in [7, 11) is 0. The van der Waals surface area contributed by atoms with Crippen molar-refractivity contribution >= 4 is 11.8 Å². The van der Waals surface area contributed by atoms with E-state index in [-0.39, 0.29) is 17.9 Å². The molecule has 0 saturated heterocycles. The Balaban J connectivity index is 3.23. The van der Waals surface area contributed by atoms with Crippen LogP contribution in [0, 0.1) is 0 Å². The minimum atomic E-state index is -0.0115. The predicted molar refractivity (Wildman–Crippen MR) is 59.4 cm³/mol. The Kier molecular flexibility index (Phi) is 7.62. The van der Waals surface area contributed by atoms with E-state index in [1.54, 1.807) is 0 Å². The molecule has 2 amide bonds. The number of nitrogens with one attached hydrogen (secondary N) is 3. The van der Waals surface area contributed by atoms with Crippen LogP contribution in [0.3, 0.4) is 0 Å². The molecule has 15 heavy (non-hydrogen) atoms. The molecule has 0 bridgehead atoms. The van der Waals surface area contributed by atoms with Crippen LogP contribution < -0.4 is 16.0 Å². The highest BCUT2D eigenvalue weighted by Crippen LogP contribution is 1.80. The van der Waals surface area contributed by atoms with Crippen molar-refractivity contribution in [2.75, 3.05) is 19.6 Å².